The van der Waals surface area contributed by atoms with Gasteiger partial charge in [-0.15, -0.1) is 4.99 Å². The Morgan fingerprint density at radius 2 is 1.84 bits per heavy atom. The maximum atomic E-state index is 11.9. The summed E-state index contributed by atoms with van der Waals surface area (Å²) in [4.78, 5) is 16.0. The third kappa shape index (κ3) is 7.43. The summed E-state index contributed by atoms with van der Waals surface area (Å²) in [5, 5.41) is 78.5. The van der Waals surface area contributed by atoms with Crippen LogP contribution in [0.5, 0.6) is 0 Å². The SMILES string of the molecule is CC(C)C(CNC(O)C1(O)C(OC2CCC3C(C2)OCC(C2CCC(O)CC2)C3O)OC(C(=O)O)C(O)C1O)CC1=C[CH+]N=C1. The third-order valence-electron chi connectivity index (χ3n) is 10.9. The highest BCUT2D eigenvalue weighted by atomic mass is 16.7. The third-order valence-corrected chi connectivity index (χ3v) is 10.9. The van der Waals surface area contributed by atoms with Crippen molar-refractivity contribution in [2.45, 2.75) is 126 Å². The first-order chi connectivity index (χ1) is 21.4. The molecule has 0 bridgehead atoms. The van der Waals surface area contributed by atoms with Crippen LogP contribution in [0, 0.1) is 36.1 Å². The van der Waals surface area contributed by atoms with E-state index in [4.69, 9.17) is 14.2 Å². The largest absolute Gasteiger partial charge is 0.479 e. The number of nitrogens with zero attached hydrogens (tertiary/aromatic N) is 1. The van der Waals surface area contributed by atoms with Gasteiger partial charge in [0.2, 0.25) is 0 Å². The van der Waals surface area contributed by atoms with Gasteiger partial charge in [0.15, 0.2) is 24.2 Å². The number of ether oxygens (including phenoxy) is 3. The highest BCUT2D eigenvalue weighted by Crippen LogP contribution is 2.44. The van der Waals surface area contributed by atoms with Crippen LogP contribution >= 0.6 is 0 Å². The fourth-order valence-electron chi connectivity index (χ4n) is 7.84. The number of carboxylic acid groups (broad SMARTS) is 1. The molecule has 8 N–H and O–H groups in total. The number of aliphatic imine (C=N–C) groups is 1. The van der Waals surface area contributed by atoms with Gasteiger partial charge in [-0.25, -0.2) is 4.79 Å². The van der Waals surface area contributed by atoms with Crippen LogP contribution in [0.4, 0.5) is 0 Å². The van der Waals surface area contributed by atoms with Crippen molar-refractivity contribution in [2.24, 2.45) is 34.6 Å². The van der Waals surface area contributed by atoms with Gasteiger partial charge in [-0.3, -0.25) is 5.32 Å². The number of aliphatic hydroxyl groups is 6. The Morgan fingerprint density at radius 1 is 1.11 bits per heavy atom. The number of aliphatic carboxylic acids is 1. The van der Waals surface area contributed by atoms with E-state index in [1.807, 2.05) is 19.9 Å². The molecule has 0 amide bonds. The summed E-state index contributed by atoms with van der Waals surface area (Å²) >= 11 is 0. The van der Waals surface area contributed by atoms with Crippen LogP contribution in [-0.2, 0) is 19.0 Å². The quantitative estimate of drug-likeness (QED) is 0.112. The van der Waals surface area contributed by atoms with Crippen molar-refractivity contribution >= 4 is 12.2 Å². The summed E-state index contributed by atoms with van der Waals surface area (Å²) in [5.74, 6) is -1.21. The predicted octanol–water partition coefficient (Wildman–Crippen LogP) is 0.104. The van der Waals surface area contributed by atoms with Crippen LogP contribution in [0.1, 0.15) is 65.2 Å². The molecule has 0 aromatic rings. The zero-order valence-corrected chi connectivity index (χ0v) is 26.1. The lowest BCUT2D eigenvalue weighted by molar-refractivity contribution is -0.367. The molecule has 12 unspecified atom stereocenters. The summed E-state index contributed by atoms with van der Waals surface area (Å²) in [6, 6.07) is 0. The van der Waals surface area contributed by atoms with Crippen molar-refractivity contribution in [1.29, 1.82) is 0 Å². The number of hydrogen-bond acceptors (Lipinski definition) is 12. The monoisotopic (exact) mass is 639 g/mol. The molecule has 0 aromatic heterocycles. The van der Waals surface area contributed by atoms with Crippen LogP contribution < -0.4 is 5.32 Å². The molecule has 0 radical (unpaired) electrons. The average Bonchev–Trinajstić information content (AvgIpc) is 3.53. The number of hydrogen-bond donors (Lipinski definition) is 8. The number of carbonyl (C=O) groups is 1. The van der Waals surface area contributed by atoms with E-state index < -0.39 is 54.6 Å². The molecule has 254 valence electrons. The molecule has 13 nitrogen and oxygen atoms in total. The van der Waals surface area contributed by atoms with E-state index >= 15 is 0 Å². The molecule has 0 spiro atoms. The lowest BCUT2D eigenvalue weighted by Crippen LogP contribution is -2.75. The fourth-order valence-corrected chi connectivity index (χ4v) is 7.84. The maximum absolute atomic E-state index is 11.9. The normalized spacial score (nSPS) is 43.3. The number of nitrogens with one attached hydrogen (secondary N) is 1. The van der Waals surface area contributed by atoms with Gasteiger partial charge in [0.25, 0.3) is 0 Å². The van der Waals surface area contributed by atoms with Crippen LogP contribution in [0.2, 0.25) is 0 Å². The molecule has 5 rings (SSSR count). The molecule has 0 aromatic carbocycles. The minimum atomic E-state index is -2.62. The van der Waals surface area contributed by atoms with Crippen LogP contribution in [-0.4, -0.2) is 122 Å². The van der Waals surface area contributed by atoms with E-state index in [1.165, 1.54) is 0 Å². The highest BCUT2D eigenvalue weighted by Gasteiger charge is 2.62. The molecule has 3 aliphatic heterocycles. The Balaban J connectivity index is 1.25. The lowest BCUT2D eigenvalue weighted by atomic mass is 9.69. The summed E-state index contributed by atoms with van der Waals surface area (Å²) in [6.45, 7) is 6.36. The Labute approximate surface area is 264 Å². The average molecular weight is 640 g/mol. The summed E-state index contributed by atoms with van der Waals surface area (Å²) < 4.78 is 17.9. The molecule has 45 heavy (non-hydrogen) atoms. The smallest absolute Gasteiger partial charge is 0.335 e. The zero-order valence-electron chi connectivity index (χ0n) is 26.1. The van der Waals surface area contributed by atoms with Gasteiger partial charge in [-0.2, -0.15) is 0 Å². The first-order valence-corrected chi connectivity index (χ1v) is 16.5. The van der Waals surface area contributed by atoms with Gasteiger partial charge in [0, 0.05) is 31.2 Å². The van der Waals surface area contributed by atoms with E-state index in [0.717, 1.165) is 31.3 Å². The second kappa shape index (κ2) is 14.6. The van der Waals surface area contributed by atoms with E-state index in [-0.39, 0.29) is 48.3 Å². The first kappa shape index (κ1) is 34.7. The van der Waals surface area contributed by atoms with Gasteiger partial charge in [0.05, 0.1) is 37.1 Å². The number of allylic oxidation sites excluding steroid dienone is 1. The molecule has 2 aliphatic carbocycles. The van der Waals surface area contributed by atoms with Crippen LogP contribution in [0.25, 0.3) is 0 Å². The minimum absolute atomic E-state index is 0.0118. The molecular weight excluding hydrogens is 588 g/mol. The van der Waals surface area contributed by atoms with Gasteiger partial charge in [-0.1, -0.05) is 13.8 Å². The number of aliphatic hydroxyl groups excluding tert-OH is 5. The first-order valence-electron chi connectivity index (χ1n) is 16.5. The standard InChI is InChI=1S/C32H50N2O11/c1-16(2)19(11-17-9-10-33-13-17)14-34-30(41)32(42)28(38)26(37)27(29(39)40)45-31(32)44-21-7-8-22-24(12-21)43-15-23(25(22)36)18-3-5-20(35)6-4-18/h9-10,13,16,18-28,30-31,34-38,41-42H,3-8,11-12,14-15H2,1-2H3/p+1. The second-order valence-corrected chi connectivity index (χ2v) is 14.1. The molecular formula is C32H51N2O11+. The van der Waals surface area contributed by atoms with Crippen molar-refractivity contribution in [3.8, 4) is 0 Å². The number of rotatable bonds is 11. The Bertz CT molecular complexity index is 1070. The molecule has 2 saturated carbocycles. The Hall–Kier alpha value is -1.65. The van der Waals surface area contributed by atoms with Gasteiger partial charge in [-0.05, 0) is 56.3 Å². The van der Waals surface area contributed by atoms with Crippen molar-refractivity contribution < 1.29 is 54.8 Å². The molecule has 2 saturated heterocycles. The number of carboxylic acids is 1. The Morgan fingerprint density at radius 3 is 2.49 bits per heavy atom. The molecule has 3 heterocycles. The van der Waals surface area contributed by atoms with Crippen molar-refractivity contribution in [1.82, 2.24) is 5.32 Å². The summed E-state index contributed by atoms with van der Waals surface area (Å²) in [6.07, 6.45) is -2.70. The summed E-state index contributed by atoms with van der Waals surface area (Å²) in [5.41, 5.74) is -1.60. The molecule has 12 atom stereocenters. The van der Waals surface area contributed by atoms with Crippen molar-refractivity contribution in [3.63, 3.8) is 0 Å². The number of fused-ring (bicyclic) bond motifs is 1. The Kier molecular flexibility index (Phi) is 11.3. The summed E-state index contributed by atoms with van der Waals surface area (Å²) in [7, 11) is 0. The van der Waals surface area contributed by atoms with Crippen molar-refractivity contribution in [3.05, 3.63) is 18.2 Å². The van der Waals surface area contributed by atoms with E-state index in [2.05, 4.69) is 10.3 Å². The fraction of sp³-hybridized carbons (Fsp3) is 0.844. The van der Waals surface area contributed by atoms with Gasteiger partial charge in [0.1, 0.15) is 30.6 Å². The maximum Gasteiger partial charge on any atom is 0.335 e. The minimum Gasteiger partial charge on any atom is -0.479 e. The lowest BCUT2D eigenvalue weighted by Gasteiger charge is -2.51. The molecule has 4 fully saturated rings. The van der Waals surface area contributed by atoms with Gasteiger partial charge >= 0.3 is 5.97 Å². The predicted molar refractivity (Wildman–Crippen MR) is 161 cm³/mol. The molecule has 5 aliphatic rings. The topological polar surface area (TPSA) is 211 Å². The second-order valence-electron chi connectivity index (χ2n) is 14.1. The van der Waals surface area contributed by atoms with Crippen molar-refractivity contribution in [2.75, 3.05) is 13.2 Å². The van der Waals surface area contributed by atoms with Crippen LogP contribution in [0.3, 0.4) is 0 Å². The molecule has 13 heteroatoms. The van der Waals surface area contributed by atoms with E-state index in [0.29, 0.717) is 32.3 Å². The van der Waals surface area contributed by atoms with Gasteiger partial charge < -0.3 is 50.0 Å². The highest BCUT2D eigenvalue weighted by molar-refractivity contribution is 5.81. The van der Waals surface area contributed by atoms with E-state index in [1.54, 1.807) is 12.8 Å². The van der Waals surface area contributed by atoms with Crippen LogP contribution in [0.15, 0.2) is 16.6 Å². The zero-order chi connectivity index (χ0) is 32.5. The van der Waals surface area contributed by atoms with E-state index in [9.17, 15) is 40.5 Å².